The Labute approximate surface area is 104 Å². The normalized spacial score (nSPS) is 25.4. The maximum absolute atomic E-state index is 5.63. The van der Waals surface area contributed by atoms with E-state index in [1.165, 1.54) is 19.3 Å². The lowest BCUT2D eigenvalue weighted by atomic mass is 10.1. The highest BCUT2D eigenvalue weighted by Gasteiger charge is 2.29. The van der Waals surface area contributed by atoms with Crippen LogP contribution in [0.1, 0.15) is 44.5 Å². The minimum absolute atomic E-state index is 0.528. The van der Waals surface area contributed by atoms with Gasteiger partial charge in [-0.05, 0) is 38.3 Å². The second kappa shape index (κ2) is 5.61. The first-order valence-corrected chi connectivity index (χ1v) is 6.65. The molecule has 1 aromatic rings. The van der Waals surface area contributed by atoms with Gasteiger partial charge in [-0.3, -0.25) is 9.88 Å². The van der Waals surface area contributed by atoms with Gasteiger partial charge in [-0.2, -0.15) is 0 Å². The maximum Gasteiger partial charge on any atom is 0.0548 e. The summed E-state index contributed by atoms with van der Waals surface area (Å²) in [6.07, 6.45) is 3.88. The van der Waals surface area contributed by atoms with E-state index in [-0.39, 0.29) is 0 Å². The number of pyridine rings is 1. The van der Waals surface area contributed by atoms with Crippen LogP contribution in [0.5, 0.6) is 0 Å². The summed E-state index contributed by atoms with van der Waals surface area (Å²) in [5.74, 6) is 0. The third kappa shape index (κ3) is 2.85. The molecule has 0 spiro atoms. The first-order valence-electron chi connectivity index (χ1n) is 6.65. The fourth-order valence-electron chi connectivity index (χ4n) is 2.77. The molecule has 1 aliphatic heterocycles. The van der Waals surface area contributed by atoms with Gasteiger partial charge in [-0.15, -0.1) is 0 Å². The van der Waals surface area contributed by atoms with Crippen molar-refractivity contribution in [2.45, 2.75) is 58.3 Å². The minimum atomic E-state index is 0.528. The van der Waals surface area contributed by atoms with Gasteiger partial charge in [0, 0.05) is 25.2 Å². The molecule has 0 bridgehead atoms. The Morgan fingerprint density at radius 1 is 1.35 bits per heavy atom. The molecule has 2 atom stereocenters. The number of likely N-dealkylation sites (tertiary alicyclic amines) is 1. The number of hydrogen-bond acceptors (Lipinski definition) is 3. The van der Waals surface area contributed by atoms with Crippen molar-refractivity contribution < 1.29 is 0 Å². The topological polar surface area (TPSA) is 42.1 Å². The fourth-order valence-corrected chi connectivity index (χ4v) is 2.77. The van der Waals surface area contributed by atoms with Gasteiger partial charge in [0.15, 0.2) is 0 Å². The van der Waals surface area contributed by atoms with Crippen molar-refractivity contribution in [3.8, 4) is 0 Å². The van der Waals surface area contributed by atoms with E-state index < -0.39 is 0 Å². The van der Waals surface area contributed by atoms with E-state index in [0.717, 1.165) is 24.0 Å². The minimum Gasteiger partial charge on any atom is -0.325 e. The Morgan fingerprint density at radius 3 is 2.82 bits per heavy atom. The van der Waals surface area contributed by atoms with Gasteiger partial charge in [-0.1, -0.05) is 13.0 Å². The number of rotatable bonds is 4. The van der Waals surface area contributed by atoms with Gasteiger partial charge in [0.2, 0.25) is 0 Å². The largest absolute Gasteiger partial charge is 0.325 e. The molecule has 1 aliphatic rings. The fraction of sp³-hybridized carbons (Fsp3) is 0.643. The van der Waals surface area contributed by atoms with Gasteiger partial charge in [-0.25, -0.2) is 0 Å². The predicted octanol–water partition coefficient (Wildman–Crippen LogP) is 2.30. The van der Waals surface area contributed by atoms with Crippen LogP contribution in [0.4, 0.5) is 0 Å². The summed E-state index contributed by atoms with van der Waals surface area (Å²) >= 11 is 0. The van der Waals surface area contributed by atoms with Crippen LogP contribution in [0.3, 0.4) is 0 Å². The molecule has 2 N–H and O–H groups in total. The average Bonchev–Trinajstić information content (AvgIpc) is 2.71. The van der Waals surface area contributed by atoms with Crippen LogP contribution in [0.2, 0.25) is 0 Å². The van der Waals surface area contributed by atoms with Crippen molar-refractivity contribution in [2.75, 3.05) is 0 Å². The second-order valence-corrected chi connectivity index (χ2v) is 4.99. The summed E-state index contributed by atoms with van der Waals surface area (Å²) in [6, 6.07) is 7.58. The summed E-state index contributed by atoms with van der Waals surface area (Å²) in [6.45, 7) is 6.09. The number of nitrogens with two attached hydrogens (primary N) is 1. The Bertz CT molecular complexity index is 364. The summed E-state index contributed by atoms with van der Waals surface area (Å²) in [5.41, 5.74) is 7.77. The van der Waals surface area contributed by atoms with Crippen LogP contribution in [-0.2, 0) is 13.1 Å². The average molecular weight is 233 g/mol. The lowest BCUT2D eigenvalue weighted by Gasteiger charge is -2.27. The van der Waals surface area contributed by atoms with E-state index in [0.29, 0.717) is 12.6 Å². The Kier molecular flexibility index (Phi) is 4.13. The van der Waals surface area contributed by atoms with Crippen molar-refractivity contribution in [3.05, 3.63) is 29.6 Å². The highest BCUT2D eigenvalue weighted by atomic mass is 15.2. The lowest BCUT2D eigenvalue weighted by Crippen LogP contribution is -2.33. The summed E-state index contributed by atoms with van der Waals surface area (Å²) < 4.78 is 0. The standard InChI is InChI=1S/C14H23N3/c1-3-14-8-7-11(2)17(14)10-13-6-4-5-12(9-15)16-13/h4-6,11,14H,3,7-10,15H2,1-2H3. The zero-order valence-corrected chi connectivity index (χ0v) is 10.9. The monoisotopic (exact) mass is 233 g/mol. The molecule has 0 amide bonds. The molecule has 1 saturated heterocycles. The molecule has 3 nitrogen and oxygen atoms in total. The van der Waals surface area contributed by atoms with Crippen LogP contribution >= 0.6 is 0 Å². The zero-order chi connectivity index (χ0) is 12.3. The summed E-state index contributed by atoms with van der Waals surface area (Å²) in [5, 5.41) is 0. The van der Waals surface area contributed by atoms with Gasteiger partial charge < -0.3 is 5.73 Å². The van der Waals surface area contributed by atoms with Crippen LogP contribution in [-0.4, -0.2) is 22.0 Å². The Balaban J connectivity index is 2.08. The highest BCUT2D eigenvalue weighted by molar-refractivity contribution is 5.11. The molecule has 3 heteroatoms. The van der Waals surface area contributed by atoms with E-state index in [2.05, 4.69) is 35.9 Å². The van der Waals surface area contributed by atoms with Crippen molar-refractivity contribution in [1.29, 1.82) is 0 Å². The third-order valence-corrected chi connectivity index (χ3v) is 3.84. The van der Waals surface area contributed by atoms with Crippen LogP contribution in [0.25, 0.3) is 0 Å². The van der Waals surface area contributed by atoms with E-state index >= 15 is 0 Å². The first-order chi connectivity index (χ1) is 8.24. The molecule has 0 radical (unpaired) electrons. The smallest absolute Gasteiger partial charge is 0.0548 e. The van der Waals surface area contributed by atoms with E-state index in [1.54, 1.807) is 0 Å². The molecule has 2 rings (SSSR count). The van der Waals surface area contributed by atoms with Crippen molar-refractivity contribution in [2.24, 2.45) is 5.73 Å². The van der Waals surface area contributed by atoms with Crippen LogP contribution in [0.15, 0.2) is 18.2 Å². The third-order valence-electron chi connectivity index (χ3n) is 3.84. The molecular weight excluding hydrogens is 210 g/mol. The van der Waals surface area contributed by atoms with Crippen molar-refractivity contribution in [1.82, 2.24) is 9.88 Å². The molecular formula is C14H23N3. The molecule has 2 heterocycles. The zero-order valence-electron chi connectivity index (χ0n) is 10.9. The molecule has 2 unspecified atom stereocenters. The van der Waals surface area contributed by atoms with Gasteiger partial charge in [0.1, 0.15) is 0 Å². The van der Waals surface area contributed by atoms with Crippen LogP contribution in [0, 0.1) is 0 Å². The highest BCUT2D eigenvalue weighted by Crippen LogP contribution is 2.27. The van der Waals surface area contributed by atoms with Crippen molar-refractivity contribution >= 4 is 0 Å². The molecule has 1 fully saturated rings. The molecule has 0 aliphatic carbocycles. The first kappa shape index (κ1) is 12.5. The summed E-state index contributed by atoms with van der Waals surface area (Å²) in [4.78, 5) is 7.18. The second-order valence-electron chi connectivity index (χ2n) is 4.99. The molecule has 0 saturated carbocycles. The van der Waals surface area contributed by atoms with Crippen LogP contribution < -0.4 is 5.73 Å². The number of nitrogens with zero attached hydrogens (tertiary/aromatic N) is 2. The van der Waals surface area contributed by atoms with E-state index in [4.69, 9.17) is 5.73 Å². The maximum atomic E-state index is 5.63. The Morgan fingerprint density at radius 2 is 2.12 bits per heavy atom. The predicted molar refractivity (Wildman–Crippen MR) is 70.4 cm³/mol. The molecule has 1 aromatic heterocycles. The van der Waals surface area contributed by atoms with E-state index in [1.807, 2.05) is 6.07 Å². The Hall–Kier alpha value is -0.930. The summed E-state index contributed by atoms with van der Waals surface area (Å²) in [7, 11) is 0. The molecule has 17 heavy (non-hydrogen) atoms. The van der Waals surface area contributed by atoms with Crippen molar-refractivity contribution in [3.63, 3.8) is 0 Å². The quantitative estimate of drug-likeness (QED) is 0.867. The van der Waals surface area contributed by atoms with E-state index in [9.17, 15) is 0 Å². The number of hydrogen-bond donors (Lipinski definition) is 1. The molecule has 0 aromatic carbocycles. The van der Waals surface area contributed by atoms with Gasteiger partial charge >= 0.3 is 0 Å². The lowest BCUT2D eigenvalue weighted by molar-refractivity contribution is 0.187. The molecule has 94 valence electrons. The van der Waals surface area contributed by atoms with Gasteiger partial charge in [0.25, 0.3) is 0 Å². The SMILES string of the molecule is CCC1CCC(C)N1Cc1cccc(CN)n1. The van der Waals surface area contributed by atoms with Gasteiger partial charge in [0.05, 0.1) is 11.4 Å². The number of aromatic nitrogens is 1.